The average molecular weight is 349 g/mol. The molecule has 0 fully saturated rings. The van der Waals surface area contributed by atoms with Crippen molar-refractivity contribution in [1.29, 1.82) is 0 Å². The third-order valence-corrected chi connectivity index (χ3v) is 3.39. The molecule has 2 N–H and O–H groups in total. The van der Waals surface area contributed by atoms with E-state index in [1.54, 1.807) is 18.3 Å². The summed E-state index contributed by atoms with van der Waals surface area (Å²) in [4.78, 5) is 32.1. The number of aryl methyl sites for hydroxylation is 1. The molecule has 128 valence electrons. The van der Waals surface area contributed by atoms with Gasteiger partial charge in [0.05, 0.1) is 0 Å². The van der Waals surface area contributed by atoms with Gasteiger partial charge in [0.25, 0.3) is 11.8 Å². The Hall–Kier alpha value is -2.47. The SMILES string of the molecule is CCCCCc1cccnc1C(=O)NNC(=O)c1ccncc1.Cl. The highest BCUT2D eigenvalue weighted by atomic mass is 35.5. The van der Waals surface area contributed by atoms with Crippen LogP contribution < -0.4 is 10.9 Å². The average Bonchev–Trinajstić information content (AvgIpc) is 2.61. The van der Waals surface area contributed by atoms with Gasteiger partial charge in [-0.25, -0.2) is 0 Å². The molecule has 0 saturated carbocycles. The molecule has 24 heavy (non-hydrogen) atoms. The Morgan fingerprint density at radius 3 is 2.42 bits per heavy atom. The molecule has 0 bridgehead atoms. The van der Waals surface area contributed by atoms with E-state index in [0.29, 0.717) is 11.3 Å². The van der Waals surface area contributed by atoms with Gasteiger partial charge >= 0.3 is 0 Å². The lowest BCUT2D eigenvalue weighted by Crippen LogP contribution is -2.42. The van der Waals surface area contributed by atoms with Crippen LogP contribution in [0.3, 0.4) is 0 Å². The molecule has 0 aliphatic carbocycles. The molecule has 0 spiro atoms. The van der Waals surface area contributed by atoms with E-state index in [9.17, 15) is 9.59 Å². The second-order valence-electron chi connectivity index (χ2n) is 5.11. The lowest BCUT2D eigenvalue weighted by molar-refractivity contribution is 0.0843. The van der Waals surface area contributed by atoms with Crippen LogP contribution in [0.5, 0.6) is 0 Å². The monoisotopic (exact) mass is 348 g/mol. The molecule has 2 heterocycles. The van der Waals surface area contributed by atoms with Gasteiger partial charge in [0, 0.05) is 24.2 Å². The number of hydrogen-bond donors (Lipinski definition) is 2. The molecule has 0 radical (unpaired) electrons. The maximum atomic E-state index is 12.2. The minimum absolute atomic E-state index is 0. The number of amides is 2. The van der Waals surface area contributed by atoms with Crippen LogP contribution in [0.4, 0.5) is 0 Å². The molecule has 2 rings (SSSR count). The fraction of sp³-hybridized carbons (Fsp3) is 0.294. The number of aromatic nitrogens is 2. The van der Waals surface area contributed by atoms with E-state index in [1.165, 1.54) is 12.4 Å². The molecule has 0 aliphatic rings. The lowest BCUT2D eigenvalue weighted by atomic mass is 10.1. The smallest absolute Gasteiger partial charge is 0.267 e. The molecule has 2 aromatic heterocycles. The Morgan fingerprint density at radius 2 is 1.71 bits per heavy atom. The molecule has 0 saturated heterocycles. The van der Waals surface area contributed by atoms with Crippen molar-refractivity contribution in [1.82, 2.24) is 20.8 Å². The van der Waals surface area contributed by atoms with Crippen molar-refractivity contribution in [2.45, 2.75) is 32.6 Å². The van der Waals surface area contributed by atoms with Crippen molar-refractivity contribution < 1.29 is 9.59 Å². The van der Waals surface area contributed by atoms with Gasteiger partial charge in [0.15, 0.2) is 0 Å². The van der Waals surface area contributed by atoms with Crippen molar-refractivity contribution >= 4 is 24.2 Å². The van der Waals surface area contributed by atoms with Crippen molar-refractivity contribution in [3.8, 4) is 0 Å². The third kappa shape index (κ3) is 5.62. The highest BCUT2D eigenvalue weighted by Crippen LogP contribution is 2.10. The van der Waals surface area contributed by atoms with Crippen LogP contribution >= 0.6 is 12.4 Å². The lowest BCUT2D eigenvalue weighted by Gasteiger charge is -2.10. The van der Waals surface area contributed by atoms with Gasteiger partial charge < -0.3 is 0 Å². The van der Waals surface area contributed by atoms with Crippen LogP contribution in [0.25, 0.3) is 0 Å². The zero-order valence-corrected chi connectivity index (χ0v) is 14.3. The first-order valence-corrected chi connectivity index (χ1v) is 7.67. The highest BCUT2D eigenvalue weighted by Gasteiger charge is 2.13. The van der Waals surface area contributed by atoms with Crippen molar-refractivity contribution in [2.75, 3.05) is 0 Å². The quantitative estimate of drug-likeness (QED) is 0.621. The van der Waals surface area contributed by atoms with E-state index in [1.807, 2.05) is 12.1 Å². The Bertz CT molecular complexity index is 665. The summed E-state index contributed by atoms with van der Waals surface area (Å²) in [5.41, 5.74) is 6.44. The highest BCUT2D eigenvalue weighted by molar-refractivity contribution is 5.98. The first kappa shape index (κ1) is 19.6. The predicted octanol–water partition coefficient (Wildman–Crippen LogP) is 2.71. The summed E-state index contributed by atoms with van der Waals surface area (Å²) in [6.07, 6.45) is 8.62. The summed E-state index contributed by atoms with van der Waals surface area (Å²) in [6.45, 7) is 2.13. The fourth-order valence-electron chi connectivity index (χ4n) is 2.16. The first-order chi connectivity index (χ1) is 11.2. The molecule has 0 aromatic carbocycles. The molecule has 7 heteroatoms. The normalized spacial score (nSPS) is 9.71. The van der Waals surface area contributed by atoms with Crippen LogP contribution in [0, 0.1) is 0 Å². The number of nitrogens with zero attached hydrogens (tertiary/aromatic N) is 2. The summed E-state index contributed by atoms with van der Waals surface area (Å²) >= 11 is 0. The van der Waals surface area contributed by atoms with Crippen molar-refractivity contribution in [3.05, 3.63) is 59.7 Å². The second-order valence-corrected chi connectivity index (χ2v) is 5.11. The zero-order valence-electron chi connectivity index (χ0n) is 13.5. The van der Waals surface area contributed by atoms with E-state index in [4.69, 9.17) is 0 Å². The van der Waals surface area contributed by atoms with Crippen LogP contribution in [0.1, 0.15) is 52.6 Å². The largest absolute Gasteiger partial charge is 0.288 e. The number of hydrogen-bond acceptors (Lipinski definition) is 4. The molecular formula is C17H21ClN4O2. The van der Waals surface area contributed by atoms with Gasteiger partial charge in [-0.05, 0) is 36.6 Å². The third-order valence-electron chi connectivity index (χ3n) is 3.39. The van der Waals surface area contributed by atoms with Crippen molar-refractivity contribution in [3.63, 3.8) is 0 Å². The molecule has 0 atom stereocenters. The minimum atomic E-state index is -0.417. The van der Waals surface area contributed by atoms with E-state index < -0.39 is 11.8 Å². The Morgan fingerprint density at radius 1 is 1.00 bits per heavy atom. The van der Waals surface area contributed by atoms with Gasteiger partial charge in [-0.3, -0.25) is 30.4 Å². The molecule has 0 aliphatic heterocycles. The van der Waals surface area contributed by atoms with Gasteiger partial charge in [-0.2, -0.15) is 0 Å². The second kappa shape index (κ2) is 10.3. The summed E-state index contributed by atoms with van der Waals surface area (Å²) in [5, 5.41) is 0. The minimum Gasteiger partial charge on any atom is -0.267 e. The van der Waals surface area contributed by atoms with E-state index in [0.717, 1.165) is 31.2 Å². The van der Waals surface area contributed by atoms with Gasteiger partial charge in [-0.15, -0.1) is 12.4 Å². The summed E-state index contributed by atoms with van der Waals surface area (Å²) in [7, 11) is 0. The van der Waals surface area contributed by atoms with E-state index in [-0.39, 0.29) is 12.4 Å². The molecule has 2 amide bonds. The predicted molar refractivity (Wildman–Crippen MR) is 93.9 cm³/mol. The number of nitrogens with one attached hydrogen (secondary N) is 2. The summed E-state index contributed by atoms with van der Waals surface area (Å²) in [5.74, 6) is -0.816. The first-order valence-electron chi connectivity index (χ1n) is 7.67. The van der Waals surface area contributed by atoms with E-state index in [2.05, 4.69) is 27.7 Å². The Labute approximate surface area is 147 Å². The summed E-state index contributed by atoms with van der Waals surface area (Å²) in [6, 6.07) is 6.84. The molecule has 0 unspecified atom stereocenters. The van der Waals surface area contributed by atoms with Gasteiger partial charge in [-0.1, -0.05) is 25.8 Å². The van der Waals surface area contributed by atoms with Crippen LogP contribution in [-0.2, 0) is 6.42 Å². The number of pyridine rings is 2. The fourth-order valence-corrected chi connectivity index (χ4v) is 2.16. The van der Waals surface area contributed by atoms with Crippen LogP contribution in [-0.4, -0.2) is 21.8 Å². The van der Waals surface area contributed by atoms with Crippen LogP contribution in [0.2, 0.25) is 0 Å². The van der Waals surface area contributed by atoms with Crippen LogP contribution in [0.15, 0.2) is 42.9 Å². The van der Waals surface area contributed by atoms with Gasteiger partial charge in [0.1, 0.15) is 5.69 Å². The zero-order chi connectivity index (χ0) is 16.5. The molecular weight excluding hydrogens is 328 g/mol. The van der Waals surface area contributed by atoms with E-state index >= 15 is 0 Å². The maximum Gasteiger partial charge on any atom is 0.288 e. The molecule has 2 aromatic rings. The standard InChI is InChI=1S/C17H20N4O2.ClH/c1-2-3-4-6-13-7-5-10-19-15(13)17(23)21-20-16(22)14-8-11-18-12-9-14;/h5,7-12H,2-4,6H2,1H3,(H,20,22)(H,21,23);1H. The number of carbonyl (C=O) groups is 2. The Kier molecular flexibility index (Phi) is 8.43. The molecule has 6 nitrogen and oxygen atoms in total. The van der Waals surface area contributed by atoms with Gasteiger partial charge in [0.2, 0.25) is 0 Å². The summed E-state index contributed by atoms with van der Waals surface area (Å²) < 4.78 is 0. The number of rotatable bonds is 6. The maximum absolute atomic E-state index is 12.2. The number of unbranched alkanes of at least 4 members (excludes halogenated alkanes) is 2. The van der Waals surface area contributed by atoms with Crippen molar-refractivity contribution in [2.24, 2.45) is 0 Å². The Balaban J connectivity index is 0.00000288. The topological polar surface area (TPSA) is 84.0 Å². The number of carbonyl (C=O) groups excluding carboxylic acids is 2. The number of hydrazine groups is 1. The number of halogens is 1.